The molecular weight excluding hydrogens is 278 g/mol. The Morgan fingerprint density at radius 2 is 2.05 bits per heavy atom. The van der Waals surface area contributed by atoms with E-state index in [1.54, 1.807) is 13.8 Å². The van der Waals surface area contributed by atoms with Crippen molar-refractivity contribution in [1.29, 1.82) is 0 Å². The highest BCUT2D eigenvalue weighted by Gasteiger charge is 2.42. The zero-order valence-electron chi connectivity index (χ0n) is 12.5. The number of hydrogen-bond acceptors (Lipinski definition) is 6. The summed E-state index contributed by atoms with van der Waals surface area (Å²) in [6.07, 6.45) is 0. The van der Waals surface area contributed by atoms with Crippen molar-refractivity contribution >= 4 is 5.97 Å². The van der Waals surface area contributed by atoms with E-state index in [1.807, 2.05) is 0 Å². The number of esters is 1. The van der Waals surface area contributed by atoms with Crippen LogP contribution in [0.4, 0.5) is 0 Å². The van der Waals surface area contributed by atoms with E-state index in [9.17, 15) is 20.0 Å². The number of nitro groups is 1. The van der Waals surface area contributed by atoms with Crippen molar-refractivity contribution in [1.82, 2.24) is 0 Å². The van der Waals surface area contributed by atoms with Crippen molar-refractivity contribution in [3.63, 3.8) is 0 Å². The molecule has 0 aliphatic carbocycles. The number of nitrogens with zero attached hydrogens (tertiary/aromatic N) is 1. The minimum Gasteiger partial charge on any atom is -0.504 e. The Kier molecular flexibility index (Phi) is 5.12. The van der Waals surface area contributed by atoms with E-state index >= 15 is 0 Å². The minimum absolute atomic E-state index is 0.0722. The maximum Gasteiger partial charge on any atom is 0.312 e. The van der Waals surface area contributed by atoms with Crippen LogP contribution in [0.5, 0.6) is 11.5 Å². The Bertz CT molecular complexity index is 540. The van der Waals surface area contributed by atoms with Crippen molar-refractivity contribution in [2.75, 3.05) is 20.8 Å². The molecule has 21 heavy (non-hydrogen) atoms. The molecule has 1 rings (SSSR count). The lowest BCUT2D eigenvalue weighted by Crippen LogP contribution is -2.36. The predicted molar refractivity (Wildman–Crippen MR) is 75.1 cm³/mol. The Hall–Kier alpha value is -2.31. The molecule has 1 aromatic carbocycles. The van der Waals surface area contributed by atoms with Gasteiger partial charge in [-0.1, -0.05) is 6.07 Å². The molecule has 0 bridgehead atoms. The molecular formula is C14H19NO6. The summed E-state index contributed by atoms with van der Waals surface area (Å²) >= 11 is 0. The van der Waals surface area contributed by atoms with Crippen LogP contribution in [0.1, 0.15) is 25.3 Å². The Balaban J connectivity index is 3.31. The Labute approximate surface area is 122 Å². The van der Waals surface area contributed by atoms with Gasteiger partial charge < -0.3 is 14.6 Å². The number of benzene rings is 1. The molecule has 0 heterocycles. The predicted octanol–water partition coefficient (Wildman–Crippen LogP) is 1.96. The molecule has 7 heteroatoms. The monoisotopic (exact) mass is 297 g/mol. The van der Waals surface area contributed by atoms with E-state index in [1.165, 1.54) is 32.4 Å². The highest BCUT2D eigenvalue weighted by atomic mass is 16.6. The van der Waals surface area contributed by atoms with Gasteiger partial charge in [0, 0.05) is 4.92 Å². The van der Waals surface area contributed by atoms with Crippen LogP contribution < -0.4 is 4.74 Å². The molecule has 0 aliphatic heterocycles. The maximum absolute atomic E-state index is 11.9. The normalized spacial score (nSPS) is 12.6. The standard InChI is InChI=1S/C14H19NO6/c1-14(2,13(17)21-4)10(8-15(18)19)9-5-6-11(16)12(7-9)20-3/h5-7,10,16H,8H2,1-4H3. The average molecular weight is 297 g/mol. The highest BCUT2D eigenvalue weighted by molar-refractivity contribution is 5.77. The van der Waals surface area contributed by atoms with Crippen molar-refractivity contribution in [3.05, 3.63) is 33.9 Å². The van der Waals surface area contributed by atoms with Crippen molar-refractivity contribution in [2.24, 2.45) is 5.41 Å². The molecule has 1 N–H and O–H groups in total. The number of ether oxygens (including phenoxy) is 2. The summed E-state index contributed by atoms with van der Waals surface area (Å²) in [5, 5.41) is 20.5. The number of rotatable bonds is 6. The third-order valence-electron chi connectivity index (χ3n) is 3.52. The van der Waals surface area contributed by atoms with Crippen LogP contribution in [-0.2, 0) is 9.53 Å². The van der Waals surface area contributed by atoms with Crippen LogP contribution in [0.15, 0.2) is 18.2 Å². The van der Waals surface area contributed by atoms with E-state index in [0.717, 1.165) is 0 Å². The first-order valence-electron chi connectivity index (χ1n) is 6.31. The largest absolute Gasteiger partial charge is 0.504 e. The molecule has 1 atom stereocenters. The first-order chi connectivity index (χ1) is 9.73. The number of phenols is 1. The van der Waals surface area contributed by atoms with Gasteiger partial charge in [0.25, 0.3) is 0 Å². The summed E-state index contributed by atoms with van der Waals surface area (Å²) in [4.78, 5) is 22.4. The lowest BCUT2D eigenvalue weighted by atomic mass is 9.74. The fraction of sp³-hybridized carbons (Fsp3) is 0.500. The van der Waals surface area contributed by atoms with E-state index in [0.29, 0.717) is 5.56 Å². The van der Waals surface area contributed by atoms with Gasteiger partial charge in [-0.15, -0.1) is 0 Å². The van der Waals surface area contributed by atoms with Gasteiger partial charge in [-0.05, 0) is 31.5 Å². The van der Waals surface area contributed by atoms with E-state index < -0.39 is 28.8 Å². The zero-order chi connectivity index (χ0) is 16.2. The molecule has 1 aromatic rings. The summed E-state index contributed by atoms with van der Waals surface area (Å²) in [6, 6.07) is 4.42. The molecule has 0 amide bonds. The summed E-state index contributed by atoms with van der Waals surface area (Å²) in [6.45, 7) is 2.74. The third kappa shape index (κ3) is 3.62. The average Bonchev–Trinajstić information content (AvgIpc) is 2.44. The summed E-state index contributed by atoms with van der Waals surface area (Å²) < 4.78 is 9.74. The maximum atomic E-state index is 11.9. The summed E-state index contributed by atoms with van der Waals surface area (Å²) in [5.74, 6) is -1.13. The second-order valence-electron chi connectivity index (χ2n) is 5.21. The van der Waals surface area contributed by atoms with Gasteiger partial charge in [0.1, 0.15) is 0 Å². The SMILES string of the molecule is COC(=O)C(C)(C)C(C[N+](=O)[O-])c1ccc(O)c(OC)c1. The van der Waals surface area contributed by atoms with Gasteiger partial charge in [0.15, 0.2) is 11.5 Å². The fourth-order valence-corrected chi connectivity index (χ4v) is 2.22. The first-order valence-corrected chi connectivity index (χ1v) is 6.31. The molecule has 0 saturated carbocycles. The molecule has 0 spiro atoms. The van der Waals surface area contributed by atoms with E-state index in [4.69, 9.17) is 9.47 Å². The van der Waals surface area contributed by atoms with Crippen molar-refractivity contribution < 1.29 is 24.3 Å². The van der Waals surface area contributed by atoms with Gasteiger partial charge in [0.05, 0.1) is 25.6 Å². The Morgan fingerprint density at radius 3 is 2.52 bits per heavy atom. The van der Waals surface area contributed by atoms with Crippen LogP contribution >= 0.6 is 0 Å². The second kappa shape index (κ2) is 6.43. The van der Waals surface area contributed by atoms with Gasteiger partial charge in [-0.3, -0.25) is 14.9 Å². The van der Waals surface area contributed by atoms with Crippen molar-refractivity contribution in [2.45, 2.75) is 19.8 Å². The second-order valence-corrected chi connectivity index (χ2v) is 5.21. The minimum atomic E-state index is -1.09. The first kappa shape index (κ1) is 16.7. The summed E-state index contributed by atoms with van der Waals surface area (Å²) in [7, 11) is 2.62. The van der Waals surface area contributed by atoms with Crippen LogP contribution in [0.2, 0.25) is 0 Å². The number of carbonyl (C=O) groups is 1. The topological polar surface area (TPSA) is 98.9 Å². The van der Waals surface area contributed by atoms with Gasteiger partial charge >= 0.3 is 5.97 Å². The number of methoxy groups -OCH3 is 2. The van der Waals surface area contributed by atoms with Gasteiger partial charge in [-0.2, -0.15) is 0 Å². The van der Waals surface area contributed by atoms with Crippen LogP contribution in [-0.4, -0.2) is 36.8 Å². The fourth-order valence-electron chi connectivity index (χ4n) is 2.22. The molecule has 7 nitrogen and oxygen atoms in total. The van der Waals surface area contributed by atoms with Crippen molar-refractivity contribution in [3.8, 4) is 11.5 Å². The number of carbonyl (C=O) groups excluding carboxylic acids is 1. The molecule has 0 aromatic heterocycles. The number of phenolic OH excluding ortho intramolecular Hbond substituents is 1. The van der Waals surface area contributed by atoms with Crippen LogP contribution in [0, 0.1) is 15.5 Å². The van der Waals surface area contributed by atoms with Crippen LogP contribution in [0.3, 0.4) is 0 Å². The molecule has 116 valence electrons. The molecule has 0 aliphatic rings. The number of aromatic hydroxyl groups is 1. The molecule has 1 unspecified atom stereocenters. The summed E-state index contributed by atoms with van der Waals surface area (Å²) in [5.41, 5.74) is -0.569. The van der Waals surface area contributed by atoms with E-state index in [2.05, 4.69) is 0 Å². The molecule has 0 saturated heterocycles. The van der Waals surface area contributed by atoms with Gasteiger partial charge in [0.2, 0.25) is 6.54 Å². The zero-order valence-corrected chi connectivity index (χ0v) is 12.5. The van der Waals surface area contributed by atoms with Gasteiger partial charge in [-0.25, -0.2) is 0 Å². The quantitative estimate of drug-likeness (QED) is 0.489. The lowest BCUT2D eigenvalue weighted by Gasteiger charge is -2.29. The van der Waals surface area contributed by atoms with E-state index in [-0.39, 0.29) is 11.5 Å². The molecule has 0 fully saturated rings. The highest BCUT2D eigenvalue weighted by Crippen LogP contribution is 2.39. The molecule has 0 radical (unpaired) electrons. The lowest BCUT2D eigenvalue weighted by molar-refractivity contribution is -0.485. The third-order valence-corrected chi connectivity index (χ3v) is 3.52. The number of hydrogen-bond donors (Lipinski definition) is 1. The smallest absolute Gasteiger partial charge is 0.312 e. The van der Waals surface area contributed by atoms with Crippen LogP contribution in [0.25, 0.3) is 0 Å². The Morgan fingerprint density at radius 1 is 1.43 bits per heavy atom.